The van der Waals surface area contributed by atoms with Crippen molar-refractivity contribution in [3.8, 4) is 17.3 Å². The van der Waals surface area contributed by atoms with Gasteiger partial charge in [-0.3, -0.25) is 9.58 Å². The van der Waals surface area contributed by atoms with E-state index in [0.29, 0.717) is 54.8 Å². The maximum Gasteiger partial charge on any atom is 0.417 e. The number of aromatic nitrogens is 6. The molecular weight excluding hydrogens is 700 g/mol. The molecule has 4 saturated heterocycles. The molecular formula is C36H42F4N8O5. The standard InChI is InChI=1S/C36H42F4N8O5/c1-20-13-23-22(15-41-48(23)24-7-4-5-11-51-24)25(27(20)36(38,39)40)28-30-29(45(3)44-28)26-31(46-10-12-50-18-34(2,49)17-46)42-33(43-32(26)53-30)52-19-35-8-6-9-47(35)16-21(37)14-35/h13,15,21,24,49H,4-12,14,16-19H2,1-3H3/t21-,24?,34+,35+/m1/s1. The molecule has 0 spiro atoms. The van der Waals surface area contributed by atoms with Gasteiger partial charge < -0.3 is 28.6 Å². The molecule has 4 aliphatic rings. The third-order valence-electron chi connectivity index (χ3n) is 11.3. The molecule has 1 aromatic carbocycles. The van der Waals surface area contributed by atoms with Gasteiger partial charge in [-0.1, -0.05) is 0 Å². The first-order valence-electron chi connectivity index (χ1n) is 18.3. The summed E-state index contributed by atoms with van der Waals surface area (Å²) in [4.78, 5) is 13.5. The van der Waals surface area contributed by atoms with Gasteiger partial charge >= 0.3 is 12.2 Å². The van der Waals surface area contributed by atoms with Gasteiger partial charge in [-0.2, -0.15) is 33.3 Å². The van der Waals surface area contributed by atoms with Gasteiger partial charge in [-0.05, 0) is 64.1 Å². The summed E-state index contributed by atoms with van der Waals surface area (Å²) in [6, 6.07) is 1.49. The Kier molecular flexibility index (Phi) is 8.18. The molecule has 4 aliphatic heterocycles. The molecule has 1 unspecified atom stereocenters. The minimum Gasteiger partial charge on any atom is -0.461 e. The third kappa shape index (κ3) is 5.81. The van der Waals surface area contributed by atoms with Gasteiger partial charge in [0.05, 0.1) is 42.6 Å². The number of halogens is 4. The molecule has 0 amide bonds. The first kappa shape index (κ1) is 34.7. The highest BCUT2D eigenvalue weighted by Crippen LogP contribution is 2.48. The Morgan fingerprint density at radius 2 is 1.98 bits per heavy atom. The average Bonchev–Trinajstić information content (AvgIpc) is 3.89. The van der Waals surface area contributed by atoms with E-state index in [1.54, 1.807) is 18.7 Å². The fourth-order valence-electron chi connectivity index (χ4n) is 9.03. The van der Waals surface area contributed by atoms with Gasteiger partial charge in [-0.15, -0.1) is 0 Å². The molecule has 5 aromatic rings. The van der Waals surface area contributed by atoms with Crippen molar-refractivity contribution in [2.45, 2.75) is 82.1 Å². The summed E-state index contributed by atoms with van der Waals surface area (Å²) >= 11 is 0. The van der Waals surface area contributed by atoms with Gasteiger partial charge in [0.1, 0.15) is 40.8 Å². The number of alkyl halides is 4. The van der Waals surface area contributed by atoms with Crippen LogP contribution in [0.2, 0.25) is 0 Å². The predicted molar refractivity (Wildman–Crippen MR) is 186 cm³/mol. The van der Waals surface area contributed by atoms with Crippen molar-refractivity contribution < 1.29 is 41.3 Å². The van der Waals surface area contributed by atoms with E-state index in [1.165, 1.54) is 23.9 Å². The van der Waals surface area contributed by atoms with E-state index in [-0.39, 0.29) is 65.9 Å². The van der Waals surface area contributed by atoms with Crippen molar-refractivity contribution >= 4 is 38.9 Å². The number of furan rings is 1. The van der Waals surface area contributed by atoms with Crippen LogP contribution in [0.15, 0.2) is 16.7 Å². The van der Waals surface area contributed by atoms with Crippen molar-refractivity contribution in [2.24, 2.45) is 7.05 Å². The quantitative estimate of drug-likeness (QED) is 0.216. The van der Waals surface area contributed by atoms with Crippen LogP contribution in [0.5, 0.6) is 6.01 Å². The van der Waals surface area contributed by atoms with Crippen LogP contribution >= 0.6 is 0 Å². The molecule has 4 atom stereocenters. The first-order chi connectivity index (χ1) is 25.3. The number of β-amino-alcohol motifs (C(OH)–C–C–N with tert-alkyl or cyclic N) is 1. The molecule has 0 bridgehead atoms. The maximum absolute atomic E-state index is 15.1. The number of aliphatic hydroxyl groups is 1. The summed E-state index contributed by atoms with van der Waals surface area (Å²) in [5.41, 5.74) is -1.67. The van der Waals surface area contributed by atoms with Crippen LogP contribution in [-0.2, 0) is 22.7 Å². The third-order valence-corrected chi connectivity index (χ3v) is 11.3. The molecule has 13 nitrogen and oxygen atoms in total. The summed E-state index contributed by atoms with van der Waals surface area (Å²) in [6.07, 6.45) is -0.0583. The molecule has 1 N–H and O–H groups in total. The van der Waals surface area contributed by atoms with E-state index < -0.39 is 35.3 Å². The SMILES string of the molecule is Cc1cc2c(cnn2C2CCCCO2)c(-c2nn(C)c3c2oc2nc(OC[C@@]45CCCN4C[C@H](F)C5)nc(N4CCOC[C@@](C)(O)C4)c23)c1C(F)(F)F. The minimum atomic E-state index is -4.73. The Balaban J connectivity index is 1.24. The van der Waals surface area contributed by atoms with E-state index in [1.807, 2.05) is 4.90 Å². The van der Waals surface area contributed by atoms with Gasteiger partial charge in [0.25, 0.3) is 0 Å². The van der Waals surface area contributed by atoms with E-state index in [2.05, 4.69) is 20.1 Å². The van der Waals surface area contributed by atoms with Crippen molar-refractivity contribution in [3.05, 3.63) is 23.4 Å². The normalized spacial score (nSPS) is 27.4. The number of aryl methyl sites for hydroxylation is 2. The fraction of sp³-hybridized carbons (Fsp3) is 0.611. The Hall–Kier alpha value is -4.06. The zero-order valence-corrected chi connectivity index (χ0v) is 29.9. The van der Waals surface area contributed by atoms with Crippen LogP contribution in [-0.4, -0.2) is 109 Å². The molecule has 17 heteroatoms. The predicted octanol–water partition coefficient (Wildman–Crippen LogP) is 5.70. The second kappa shape index (κ2) is 12.5. The average molecular weight is 743 g/mol. The zero-order valence-electron chi connectivity index (χ0n) is 29.9. The lowest BCUT2D eigenvalue weighted by Gasteiger charge is -2.31. The lowest BCUT2D eigenvalue weighted by atomic mass is 9.95. The van der Waals surface area contributed by atoms with Crippen LogP contribution in [0.25, 0.3) is 44.4 Å². The largest absolute Gasteiger partial charge is 0.461 e. The van der Waals surface area contributed by atoms with Gasteiger partial charge in [-0.25, -0.2) is 9.07 Å². The number of anilines is 1. The molecule has 4 aromatic heterocycles. The number of benzene rings is 1. The van der Waals surface area contributed by atoms with Crippen LogP contribution in [0.1, 0.15) is 62.8 Å². The summed E-state index contributed by atoms with van der Waals surface area (Å²) in [5.74, 6) is 0.354. The molecule has 8 heterocycles. The highest BCUT2D eigenvalue weighted by atomic mass is 19.4. The second-order valence-corrected chi connectivity index (χ2v) is 15.4. The second-order valence-electron chi connectivity index (χ2n) is 15.4. The molecule has 284 valence electrons. The lowest BCUT2D eigenvalue weighted by Crippen LogP contribution is -2.43. The topological polar surface area (TPSA) is 129 Å². The summed E-state index contributed by atoms with van der Waals surface area (Å²) in [5, 5.41) is 21.0. The number of ether oxygens (including phenoxy) is 3. The maximum atomic E-state index is 15.1. The monoisotopic (exact) mass is 742 g/mol. The summed E-state index contributed by atoms with van der Waals surface area (Å²) in [6.45, 7) is 5.82. The van der Waals surface area contributed by atoms with E-state index in [9.17, 15) is 9.50 Å². The number of hydrogen-bond donors (Lipinski definition) is 1. The summed E-state index contributed by atoms with van der Waals surface area (Å²) < 4.78 is 87.3. The van der Waals surface area contributed by atoms with E-state index in [0.717, 1.165) is 32.2 Å². The molecule has 4 fully saturated rings. The van der Waals surface area contributed by atoms with E-state index >= 15 is 13.2 Å². The Labute approximate surface area is 301 Å². The van der Waals surface area contributed by atoms with Gasteiger partial charge in [0.2, 0.25) is 5.71 Å². The van der Waals surface area contributed by atoms with Crippen LogP contribution < -0.4 is 9.64 Å². The Morgan fingerprint density at radius 3 is 2.77 bits per heavy atom. The molecule has 0 saturated carbocycles. The van der Waals surface area contributed by atoms with E-state index in [4.69, 9.17) is 23.6 Å². The minimum absolute atomic E-state index is 0.0122. The Morgan fingerprint density at radius 1 is 1.13 bits per heavy atom. The molecule has 53 heavy (non-hydrogen) atoms. The highest BCUT2D eigenvalue weighted by molar-refractivity contribution is 6.13. The smallest absolute Gasteiger partial charge is 0.417 e. The zero-order chi connectivity index (χ0) is 36.9. The van der Waals surface area contributed by atoms with Gasteiger partial charge in [0, 0.05) is 44.1 Å². The highest BCUT2D eigenvalue weighted by Gasteiger charge is 2.49. The molecule has 9 rings (SSSR count). The number of rotatable bonds is 6. The van der Waals surface area contributed by atoms with Crippen molar-refractivity contribution in [3.63, 3.8) is 0 Å². The fourth-order valence-corrected chi connectivity index (χ4v) is 9.03. The number of hydrogen-bond acceptors (Lipinski definition) is 11. The van der Waals surface area contributed by atoms with Crippen molar-refractivity contribution in [1.29, 1.82) is 0 Å². The van der Waals surface area contributed by atoms with Crippen LogP contribution in [0, 0.1) is 6.92 Å². The molecule has 0 aliphatic carbocycles. The van der Waals surface area contributed by atoms with Crippen LogP contribution in [0.3, 0.4) is 0 Å². The first-order valence-corrected chi connectivity index (χ1v) is 18.3. The van der Waals surface area contributed by atoms with Gasteiger partial charge in [0.15, 0.2) is 11.8 Å². The number of fused-ring (bicyclic) bond motifs is 5. The lowest BCUT2D eigenvalue weighted by molar-refractivity contribution is -0.137. The number of nitrogens with zero attached hydrogens (tertiary/aromatic N) is 8. The Bertz CT molecular complexity index is 2210. The van der Waals surface area contributed by atoms with Crippen LogP contribution in [0.4, 0.5) is 23.4 Å². The van der Waals surface area contributed by atoms with Crippen molar-refractivity contribution in [1.82, 2.24) is 34.4 Å². The summed E-state index contributed by atoms with van der Waals surface area (Å²) in [7, 11) is 1.64. The van der Waals surface area contributed by atoms with Crippen molar-refractivity contribution in [2.75, 3.05) is 57.5 Å². The molecule has 0 radical (unpaired) electrons.